The van der Waals surface area contributed by atoms with Crippen molar-refractivity contribution < 1.29 is 23.1 Å². The number of carbonyl (C=O) groups is 1. The molecule has 0 radical (unpaired) electrons. The molecule has 0 amide bonds. The Kier molecular flexibility index (Phi) is 4.58. The van der Waals surface area contributed by atoms with Crippen LogP contribution < -0.4 is 5.32 Å². The van der Waals surface area contributed by atoms with E-state index in [9.17, 15) is 18.0 Å². The molecule has 1 unspecified atom stereocenters. The molecule has 1 aromatic carbocycles. The summed E-state index contributed by atoms with van der Waals surface area (Å²) in [5, 5.41) is 11.4. The van der Waals surface area contributed by atoms with Crippen molar-refractivity contribution in [3.05, 3.63) is 29.8 Å². The molecule has 100 valence electrons. The number of benzene rings is 1. The number of anilines is 1. The fourth-order valence-corrected chi connectivity index (χ4v) is 1.47. The van der Waals surface area contributed by atoms with Crippen molar-refractivity contribution in [2.45, 2.75) is 19.5 Å². The minimum Gasteiger partial charge on any atom is -0.481 e. The second-order valence-corrected chi connectivity index (χ2v) is 4.16. The largest absolute Gasteiger partial charge is 0.481 e. The Morgan fingerprint density at radius 2 is 2.11 bits per heavy atom. The molecule has 0 aliphatic heterocycles. The normalized spacial score (nSPS) is 13.1. The Morgan fingerprint density at radius 1 is 1.44 bits per heavy atom. The van der Waals surface area contributed by atoms with Crippen LogP contribution in [0, 0.1) is 5.92 Å². The van der Waals surface area contributed by atoms with Gasteiger partial charge < -0.3 is 10.4 Å². The third-order valence-electron chi connectivity index (χ3n) is 2.37. The molecular formula is C12H14F3NO2. The molecule has 0 bridgehead atoms. The van der Waals surface area contributed by atoms with Crippen LogP contribution in [0.4, 0.5) is 18.9 Å². The Balaban J connectivity index is 2.60. The monoisotopic (exact) mass is 261 g/mol. The number of rotatable bonds is 5. The molecule has 1 aromatic rings. The van der Waals surface area contributed by atoms with E-state index in [1.165, 1.54) is 12.1 Å². The first-order chi connectivity index (χ1) is 8.29. The molecule has 0 aromatic heterocycles. The van der Waals surface area contributed by atoms with Gasteiger partial charge in [-0.1, -0.05) is 13.0 Å². The van der Waals surface area contributed by atoms with E-state index in [0.29, 0.717) is 12.2 Å². The molecule has 0 saturated carbocycles. The van der Waals surface area contributed by atoms with Crippen molar-refractivity contribution in [3.63, 3.8) is 0 Å². The molecule has 0 fully saturated rings. The summed E-state index contributed by atoms with van der Waals surface area (Å²) >= 11 is 0. The molecule has 2 N–H and O–H groups in total. The number of aliphatic carboxylic acids is 1. The van der Waals surface area contributed by atoms with Gasteiger partial charge in [0.15, 0.2) is 0 Å². The second kappa shape index (κ2) is 5.75. The molecular weight excluding hydrogens is 247 g/mol. The molecule has 0 saturated heterocycles. The van der Waals surface area contributed by atoms with Crippen LogP contribution in [0.5, 0.6) is 0 Å². The lowest BCUT2D eigenvalue weighted by atomic mass is 10.1. The maximum atomic E-state index is 12.4. The molecule has 6 heteroatoms. The maximum Gasteiger partial charge on any atom is 0.416 e. The summed E-state index contributed by atoms with van der Waals surface area (Å²) in [5.74, 6) is -1.08. The molecule has 0 aliphatic rings. The first-order valence-corrected chi connectivity index (χ1v) is 5.42. The first-order valence-electron chi connectivity index (χ1n) is 5.42. The fraction of sp³-hybridized carbons (Fsp3) is 0.417. The lowest BCUT2D eigenvalue weighted by molar-refractivity contribution is -0.138. The summed E-state index contributed by atoms with van der Waals surface area (Å²) in [6.07, 6.45) is -4.39. The summed E-state index contributed by atoms with van der Waals surface area (Å²) in [5.41, 5.74) is -0.388. The van der Waals surface area contributed by atoms with E-state index in [1.54, 1.807) is 6.92 Å². The van der Waals surface area contributed by atoms with Crippen LogP contribution in [0.3, 0.4) is 0 Å². The lowest BCUT2D eigenvalue weighted by Crippen LogP contribution is -2.15. The average molecular weight is 261 g/mol. The maximum absolute atomic E-state index is 12.4. The highest BCUT2D eigenvalue weighted by Gasteiger charge is 2.30. The Bertz CT molecular complexity index is 418. The van der Waals surface area contributed by atoms with Crippen molar-refractivity contribution in [2.24, 2.45) is 5.92 Å². The number of hydrogen-bond donors (Lipinski definition) is 2. The van der Waals surface area contributed by atoms with Crippen LogP contribution in [0.25, 0.3) is 0 Å². The van der Waals surface area contributed by atoms with Crippen molar-refractivity contribution in [1.29, 1.82) is 0 Å². The Morgan fingerprint density at radius 3 is 2.67 bits per heavy atom. The number of halogens is 3. The van der Waals surface area contributed by atoms with E-state index in [-0.39, 0.29) is 12.3 Å². The van der Waals surface area contributed by atoms with Crippen LogP contribution in [-0.4, -0.2) is 17.6 Å². The Labute approximate surface area is 103 Å². The van der Waals surface area contributed by atoms with Gasteiger partial charge in [-0.3, -0.25) is 4.79 Å². The van der Waals surface area contributed by atoms with E-state index in [2.05, 4.69) is 5.32 Å². The average Bonchev–Trinajstić information content (AvgIpc) is 2.25. The predicted octanol–water partition coefficient (Wildman–Crippen LogP) is 3.23. The second-order valence-electron chi connectivity index (χ2n) is 4.16. The zero-order valence-corrected chi connectivity index (χ0v) is 9.79. The van der Waals surface area contributed by atoms with Crippen LogP contribution in [0.1, 0.15) is 18.9 Å². The number of carboxylic acids is 1. The summed E-state index contributed by atoms with van der Waals surface area (Å²) in [6.45, 7) is 2.03. The topological polar surface area (TPSA) is 49.3 Å². The van der Waals surface area contributed by atoms with Crippen molar-refractivity contribution in [3.8, 4) is 0 Å². The Hall–Kier alpha value is -1.72. The van der Waals surface area contributed by atoms with Gasteiger partial charge in [-0.05, 0) is 24.1 Å². The van der Waals surface area contributed by atoms with Gasteiger partial charge in [0.2, 0.25) is 0 Å². The summed E-state index contributed by atoms with van der Waals surface area (Å²) in [4.78, 5) is 10.4. The van der Waals surface area contributed by atoms with Gasteiger partial charge in [-0.15, -0.1) is 0 Å². The SMILES string of the molecule is CC(CNc1cccc(C(F)(F)F)c1)CC(=O)O. The highest BCUT2D eigenvalue weighted by Crippen LogP contribution is 2.30. The van der Waals surface area contributed by atoms with E-state index < -0.39 is 17.7 Å². The zero-order valence-electron chi connectivity index (χ0n) is 9.79. The fourth-order valence-electron chi connectivity index (χ4n) is 1.47. The van der Waals surface area contributed by atoms with Gasteiger partial charge in [-0.2, -0.15) is 13.2 Å². The molecule has 18 heavy (non-hydrogen) atoms. The first kappa shape index (κ1) is 14.3. The van der Waals surface area contributed by atoms with Gasteiger partial charge >= 0.3 is 12.1 Å². The molecule has 0 spiro atoms. The van der Waals surface area contributed by atoms with Gasteiger partial charge in [0.25, 0.3) is 0 Å². The third kappa shape index (κ3) is 4.65. The number of nitrogens with one attached hydrogen (secondary N) is 1. The van der Waals surface area contributed by atoms with Gasteiger partial charge in [0.1, 0.15) is 0 Å². The molecule has 3 nitrogen and oxygen atoms in total. The summed E-state index contributed by atoms with van der Waals surface area (Å²) in [6, 6.07) is 4.83. The van der Waals surface area contributed by atoms with Crippen LogP contribution in [-0.2, 0) is 11.0 Å². The van der Waals surface area contributed by atoms with Crippen molar-refractivity contribution >= 4 is 11.7 Å². The van der Waals surface area contributed by atoms with Crippen LogP contribution in [0.15, 0.2) is 24.3 Å². The van der Waals surface area contributed by atoms with Crippen molar-refractivity contribution in [1.82, 2.24) is 0 Å². The number of hydrogen-bond acceptors (Lipinski definition) is 2. The van der Waals surface area contributed by atoms with Crippen LogP contribution >= 0.6 is 0 Å². The zero-order chi connectivity index (χ0) is 13.8. The van der Waals surface area contributed by atoms with Crippen molar-refractivity contribution in [2.75, 3.05) is 11.9 Å². The number of alkyl halides is 3. The quantitative estimate of drug-likeness (QED) is 0.855. The smallest absolute Gasteiger partial charge is 0.416 e. The highest BCUT2D eigenvalue weighted by atomic mass is 19.4. The molecule has 0 heterocycles. The standard InChI is InChI=1S/C12H14F3NO2/c1-8(5-11(17)18)7-16-10-4-2-3-9(6-10)12(13,14)15/h2-4,6,8,16H,5,7H2,1H3,(H,17,18). The van der Waals surface area contributed by atoms with Gasteiger partial charge in [0.05, 0.1) is 5.56 Å². The van der Waals surface area contributed by atoms with E-state index >= 15 is 0 Å². The molecule has 1 rings (SSSR count). The third-order valence-corrected chi connectivity index (χ3v) is 2.37. The van der Waals surface area contributed by atoms with Crippen LogP contribution in [0.2, 0.25) is 0 Å². The minimum atomic E-state index is -4.37. The summed E-state index contributed by atoms with van der Waals surface area (Å²) < 4.78 is 37.3. The minimum absolute atomic E-state index is 0.0219. The highest BCUT2D eigenvalue weighted by molar-refractivity contribution is 5.67. The van der Waals surface area contributed by atoms with E-state index in [4.69, 9.17) is 5.11 Å². The summed E-state index contributed by atoms with van der Waals surface area (Å²) in [7, 11) is 0. The molecule has 1 atom stereocenters. The predicted molar refractivity (Wildman–Crippen MR) is 61.4 cm³/mol. The van der Waals surface area contributed by atoms with Gasteiger partial charge in [0, 0.05) is 18.7 Å². The molecule has 0 aliphatic carbocycles. The van der Waals surface area contributed by atoms with E-state index in [0.717, 1.165) is 12.1 Å². The lowest BCUT2D eigenvalue weighted by Gasteiger charge is -2.13. The number of carboxylic acid groups (broad SMARTS) is 1. The van der Waals surface area contributed by atoms with Gasteiger partial charge in [-0.25, -0.2) is 0 Å². The van der Waals surface area contributed by atoms with E-state index in [1.807, 2.05) is 0 Å².